The highest BCUT2D eigenvalue weighted by Gasteiger charge is 2.05. The number of rotatable bonds is 7. The van der Waals surface area contributed by atoms with Gasteiger partial charge in [0, 0.05) is 25.0 Å². The lowest BCUT2D eigenvalue weighted by molar-refractivity contribution is 0.354. The Labute approximate surface area is 151 Å². The largest absolute Gasteiger partial charge is 0.493 e. The maximum absolute atomic E-state index is 5.94. The minimum atomic E-state index is 0.644. The molecule has 0 atom stereocenters. The van der Waals surface area contributed by atoms with Gasteiger partial charge in [-0.1, -0.05) is 17.7 Å². The maximum atomic E-state index is 5.94. The molecule has 0 saturated heterocycles. The predicted octanol–water partition coefficient (Wildman–Crippen LogP) is 3.33. The molecule has 2 aromatic rings. The fraction of sp³-hybridized carbons (Fsp3) is 0.353. The van der Waals surface area contributed by atoms with E-state index < -0.39 is 0 Å². The fourth-order valence-corrected chi connectivity index (χ4v) is 3.27. The lowest BCUT2D eigenvalue weighted by atomic mass is 10.2. The van der Waals surface area contributed by atoms with Crippen LogP contribution in [0.1, 0.15) is 10.4 Å². The number of nitrogens with one attached hydrogen (secondary N) is 2. The molecule has 5 nitrogen and oxygen atoms in total. The summed E-state index contributed by atoms with van der Waals surface area (Å²) < 4.78 is 11.4. The van der Waals surface area contributed by atoms with Gasteiger partial charge in [0.2, 0.25) is 0 Å². The van der Waals surface area contributed by atoms with Crippen LogP contribution in [-0.2, 0) is 13.0 Å². The highest BCUT2D eigenvalue weighted by molar-refractivity contribution is 7.16. The summed E-state index contributed by atoms with van der Waals surface area (Å²) in [6.45, 7) is 1.44. The van der Waals surface area contributed by atoms with Gasteiger partial charge in [-0.3, -0.25) is 4.99 Å². The third-order valence-electron chi connectivity index (χ3n) is 3.42. The van der Waals surface area contributed by atoms with Gasteiger partial charge in [-0.15, -0.1) is 11.3 Å². The number of methoxy groups -OCH3 is 2. The Hall–Kier alpha value is -1.92. The van der Waals surface area contributed by atoms with Crippen molar-refractivity contribution in [1.29, 1.82) is 0 Å². The number of aliphatic imine (C=N–C) groups is 1. The standard InChI is InChI=1S/C17H22ClN3O2S/c1-19-17(20-9-8-13-5-7-16(18)24-13)21-11-12-4-6-14(22-2)15(10-12)23-3/h4-7,10H,8-9,11H2,1-3H3,(H2,19,20,21). The Bertz CT molecular complexity index is 688. The molecule has 2 rings (SSSR count). The second-order valence-corrected chi connectivity index (χ2v) is 6.80. The van der Waals surface area contributed by atoms with Crippen molar-refractivity contribution in [2.45, 2.75) is 13.0 Å². The first-order valence-electron chi connectivity index (χ1n) is 7.56. The molecule has 0 aliphatic rings. The van der Waals surface area contributed by atoms with Gasteiger partial charge in [0.15, 0.2) is 17.5 Å². The van der Waals surface area contributed by atoms with Gasteiger partial charge in [0.05, 0.1) is 18.6 Å². The Morgan fingerprint density at radius 3 is 2.54 bits per heavy atom. The van der Waals surface area contributed by atoms with Crippen LogP contribution in [0.25, 0.3) is 0 Å². The van der Waals surface area contributed by atoms with Gasteiger partial charge in [-0.25, -0.2) is 0 Å². The van der Waals surface area contributed by atoms with E-state index in [-0.39, 0.29) is 0 Å². The lowest BCUT2D eigenvalue weighted by Gasteiger charge is -2.13. The average molecular weight is 368 g/mol. The molecule has 1 aromatic carbocycles. The summed E-state index contributed by atoms with van der Waals surface area (Å²) in [5.74, 6) is 2.19. The molecule has 1 heterocycles. The monoisotopic (exact) mass is 367 g/mol. The molecule has 0 radical (unpaired) electrons. The SMILES string of the molecule is CN=C(NCCc1ccc(Cl)s1)NCc1ccc(OC)c(OC)c1. The number of benzene rings is 1. The Kier molecular flexibility index (Phi) is 7.21. The van der Waals surface area contributed by atoms with Crippen molar-refractivity contribution in [2.75, 3.05) is 27.8 Å². The third kappa shape index (κ3) is 5.32. The molecular weight excluding hydrogens is 346 g/mol. The van der Waals surface area contributed by atoms with E-state index in [1.54, 1.807) is 32.6 Å². The van der Waals surface area contributed by atoms with Gasteiger partial charge in [0.25, 0.3) is 0 Å². The summed E-state index contributed by atoms with van der Waals surface area (Å²) in [4.78, 5) is 5.48. The Balaban J connectivity index is 1.82. The van der Waals surface area contributed by atoms with Gasteiger partial charge in [-0.2, -0.15) is 0 Å². The Morgan fingerprint density at radius 2 is 1.92 bits per heavy atom. The van der Waals surface area contributed by atoms with Gasteiger partial charge < -0.3 is 20.1 Å². The first kappa shape index (κ1) is 18.4. The molecule has 0 amide bonds. The first-order valence-corrected chi connectivity index (χ1v) is 8.75. The molecule has 130 valence electrons. The number of hydrogen-bond donors (Lipinski definition) is 2. The predicted molar refractivity (Wildman–Crippen MR) is 101 cm³/mol. The number of nitrogens with zero attached hydrogens (tertiary/aromatic N) is 1. The van der Waals surface area contributed by atoms with Crippen molar-refractivity contribution < 1.29 is 9.47 Å². The fourth-order valence-electron chi connectivity index (χ4n) is 2.19. The quantitative estimate of drug-likeness (QED) is 0.582. The van der Waals surface area contributed by atoms with Gasteiger partial charge >= 0.3 is 0 Å². The second-order valence-electron chi connectivity index (χ2n) is 5.00. The van der Waals surface area contributed by atoms with Crippen LogP contribution < -0.4 is 20.1 Å². The Morgan fingerprint density at radius 1 is 1.12 bits per heavy atom. The molecule has 1 aromatic heterocycles. The molecule has 0 aliphatic carbocycles. The summed E-state index contributed by atoms with van der Waals surface area (Å²) >= 11 is 7.54. The number of guanidine groups is 1. The van der Waals surface area contributed by atoms with Gasteiger partial charge in [0.1, 0.15) is 0 Å². The van der Waals surface area contributed by atoms with Crippen LogP contribution >= 0.6 is 22.9 Å². The third-order valence-corrected chi connectivity index (χ3v) is 4.72. The van der Waals surface area contributed by atoms with Crippen LogP contribution in [0.15, 0.2) is 35.3 Å². The van der Waals surface area contributed by atoms with Crippen LogP contribution in [0.2, 0.25) is 4.34 Å². The van der Waals surface area contributed by atoms with Crippen LogP contribution in [0, 0.1) is 0 Å². The second kappa shape index (κ2) is 9.39. The van der Waals surface area contributed by atoms with Crippen LogP contribution in [0.5, 0.6) is 11.5 Å². The topological polar surface area (TPSA) is 54.9 Å². The molecule has 0 unspecified atom stereocenters. The smallest absolute Gasteiger partial charge is 0.191 e. The highest BCUT2D eigenvalue weighted by atomic mass is 35.5. The van der Waals surface area contributed by atoms with Gasteiger partial charge in [-0.05, 0) is 36.2 Å². The van der Waals surface area contributed by atoms with Crippen LogP contribution in [-0.4, -0.2) is 33.8 Å². The van der Waals surface area contributed by atoms with Crippen molar-refractivity contribution in [2.24, 2.45) is 4.99 Å². The van der Waals surface area contributed by atoms with E-state index in [1.165, 1.54) is 4.88 Å². The number of hydrogen-bond acceptors (Lipinski definition) is 4. The van der Waals surface area contributed by atoms with Crippen molar-refractivity contribution in [1.82, 2.24) is 10.6 Å². The van der Waals surface area contributed by atoms with Crippen molar-refractivity contribution in [3.8, 4) is 11.5 Å². The number of ether oxygens (including phenoxy) is 2. The van der Waals surface area contributed by atoms with E-state index in [2.05, 4.69) is 21.7 Å². The molecule has 0 bridgehead atoms. The number of halogens is 1. The lowest BCUT2D eigenvalue weighted by Crippen LogP contribution is -2.37. The zero-order chi connectivity index (χ0) is 17.4. The maximum Gasteiger partial charge on any atom is 0.191 e. The highest BCUT2D eigenvalue weighted by Crippen LogP contribution is 2.27. The normalized spacial score (nSPS) is 11.2. The minimum absolute atomic E-state index is 0.644. The minimum Gasteiger partial charge on any atom is -0.493 e. The van der Waals surface area contributed by atoms with Crippen LogP contribution in [0.3, 0.4) is 0 Å². The summed E-state index contributed by atoms with van der Waals surface area (Å²) in [6, 6.07) is 9.81. The molecule has 7 heteroatoms. The summed E-state index contributed by atoms with van der Waals surface area (Å²) in [5, 5.41) is 6.58. The summed E-state index contributed by atoms with van der Waals surface area (Å²) in [7, 11) is 5.01. The molecule has 0 saturated carbocycles. The van der Waals surface area contributed by atoms with E-state index in [0.717, 1.165) is 34.6 Å². The zero-order valence-corrected chi connectivity index (χ0v) is 15.6. The van der Waals surface area contributed by atoms with E-state index in [1.807, 2.05) is 24.3 Å². The zero-order valence-electron chi connectivity index (χ0n) is 14.1. The molecule has 0 aliphatic heterocycles. The van der Waals surface area contributed by atoms with Crippen molar-refractivity contribution in [3.05, 3.63) is 45.1 Å². The average Bonchev–Trinajstić information content (AvgIpc) is 3.02. The number of thiophene rings is 1. The van der Waals surface area contributed by atoms with E-state index in [0.29, 0.717) is 12.3 Å². The van der Waals surface area contributed by atoms with E-state index >= 15 is 0 Å². The van der Waals surface area contributed by atoms with Crippen molar-refractivity contribution in [3.63, 3.8) is 0 Å². The molecule has 0 fully saturated rings. The molecule has 0 spiro atoms. The first-order chi connectivity index (χ1) is 11.7. The molecule has 2 N–H and O–H groups in total. The molecule has 24 heavy (non-hydrogen) atoms. The summed E-state index contributed by atoms with van der Waals surface area (Å²) in [6.07, 6.45) is 0.911. The molecular formula is C17H22ClN3O2S. The van der Waals surface area contributed by atoms with Crippen molar-refractivity contribution >= 4 is 28.9 Å². The van der Waals surface area contributed by atoms with E-state index in [9.17, 15) is 0 Å². The summed E-state index contributed by atoms with van der Waals surface area (Å²) in [5.41, 5.74) is 1.08. The van der Waals surface area contributed by atoms with E-state index in [4.69, 9.17) is 21.1 Å². The van der Waals surface area contributed by atoms with Crippen LogP contribution in [0.4, 0.5) is 0 Å².